The van der Waals surface area contributed by atoms with Crippen LogP contribution in [0, 0.1) is 11.3 Å². The maximum Gasteiger partial charge on any atom is 0.0992 e. The van der Waals surface area contributed by atoms with Crippen LogP contribution in [0.4, 0.5) is 11.4 Å². The maximum atomic E-state index is 8.70. The normalized spacial score (nSPS) is 9.81. The van der Waals surface area contributed by atoms with Gasteiger partial charge in [-0.1, -0.05) is 11.6 Å². The molecule has 2 rings (SSSR count). The van der Waals surface area contributed by atoms with Crippen molar-refractivity contribution in [2.45, 2.75) is 0 Å². The van der Waals surface area contributed by atoms with Gasteiger partial charge in [-0.05, 0) is 18.2 Å². The summed E-state index contributed by atoms with van der Waals surface area (Å²) in [6.45, 7) is 0. The maximum absolute atomic E-state index is 8.70. The Morgan fingerprint density at radius 1 is 1.50 bits per heavy atom. The van der Waals surface area contributed by atoms with Gasteiger partial charge in [-0.2, -0.15) is 10.4 Å². The summed E-state index contributed by atoms with van der Waals surface area (Å²) < 4.78 is 1.69. The van der Waals surface area contributed by atoms with Crippen molar-refractivity contribution >= 4 is 23.0 Å². The van der Waals surface area contributed by atoms with Crippen molar-refractivity contribution < 1.29 is 0 Å². The van der Waals surface area contributed by atoms with Crippen molar-refractivity contribution in [3.8, 4) is 6.07 Å². The van der Waals surface area contributed by atoms with E-state index in [0.29, 0.717) is 10.6 Å². The third-order valence-corrected chi connectivity index (χ3v) is 2.39. The summed E-state index contributed by atoms with van der Waals surface area (Å²) >= 11 is 6.02. The zero-order valence-corrected chi connectivity index (χ0v) is 9.36. The van der Waals surface area contributed by atoms with Crippen LogP contribution in [0.15, 0.2) is 30.6 Å². The van der Waals surface area contributed by atoms with E-state index in [1.165, 1.54) is 0 Å². The van der Waals surface area contributed by atoms with Crippen molar-refractivity contribution in [1.29, 1.82) is 5.26 Å². The smallest absolute Gasteiger partial charge is 0.0992 e. The van der Waals surface area contributed by atoms with E-state index in [4.69, 9.17) is 16.9 Å². The van der Waals surface area contributed by atoms with E-state index >= 15 is 0 Å². The second-order valence-corrected chi connectivity index (χ2v) is 3.74. The van der Waals surface area contributed by atoms with Gasteiger partial charge < -0.3 is 5.32 Å². The average molecular weight is 233 g/mol. The number of anilines is 2. The Balaban J connectivity index is 2.26. The van der Waals surface area contributed by atoms with Crippen molar-refractivity contribution in [3.05, 3.63) is 41.2 Å². The number of halogens is 1. The molecule has 1 N–H and O–H groups in total. The van der Waals surface area contributed by atoms with Gasteiger partial charge in [-0.3, -0.25) is 4.68 Å². The minimum atomic E-state index is 0.517. The minimum Gasteiger partial charge on any atom is -0.352 e. The highest BCUT2D eigenvalue weighted by Gasteiger charge is 2.03. The number of nitriles is 1. The molecule has 0 saturated carbocycles. The third-order valence-electron chi connectivity index (χ3n) is 2.08. The second kappa shape index (κ2) is 4.25. The summed E-state index contributed by atoms with van der Waals surface area (Å²) in [5, 5.41) is 16.4. The van der Waals surface area contributed by atoms with Crippen LogP contribution in [0.3, 0.4) is 0 Å². The van der Waals surface area contributed by atoms with E-state index in [1.807, 2.05) is 19.3 Å². The molecule has 16 heavy (non-hydrogen) atoms. The summed E-state index contributed by atoms with van der Waals surface area (Å²) in [5.41, 5.74) is 2.16. The van der Waals surface area contributed by atoms with Gasteiger partial charge in [-0.25, -0.2) is 0 Å². The molecule has 0 aliphatic heterocycles. The largest absolute Gasteiger partial charge is 0.352 e. The summed E-state index contributed by atoms with van der Waals surface area (Å²) in [5.74, 6) is 0. The van der Waals surface area contributed by atoms with Gasteiger partial charge in [0.15, 0.2) is 0 Å². The number of hydrogen-bond donors (Lipinski definition) is 1. The summed E-state index contributed by atoms with van der Waals surface area (Å²) in [7, 11) is 1.84. The lowest BCUT2D eigenvalue weighted by atomic mass is 10.2. The number of aryl methyl sites for hydroxylation is 1. The molecule has 5 heteroatoms. The van der Waals surface area contributed by atoms with Gasteiger partial charge in [0.05, 0.1) is 34.2 Å². The first-order valence-corrected chi connectivity index (χ1v) is 5.02. The molecule has 1 aromatic heterocycles. The van der Waals surface area contributed by atoms with Crippen molar-refractivity contribution in [3.63, 3.8) is 0 Å². The zero-order valence-electron chi connectivity index (χ0n) is 8.61. The zero-order chi connectivity index (χ0) is 11.5. The molecule has 0 aliphatic carbocycles. The van der Waals surface area contributed by atoms with Crippen LogP contribution < -0.4 is 5.32 Å². The van der Waals surface area contributed by atoms with E-state index < -0.39 is 0 Å². The molecule has 0 amide bonds. The Labute approximate surface area is 98.1 Å². The molecular weight excluding hydrogens is 224 g/mol. The highest BCUT2D eigenvalue weighted by Crippen LogP contribution is 2.25. The van der Waals surface area contributed by atoms with Crippen LogP contribution in [-0.2, 0) is 7.05 Å². The number of aromatic nitrogens is 2. The monoisotopic (exact) mass is 232 g/mol. The van der Waals surface area contributed by atoms with Crippen LogP contribution in [-0.4, -0.2) is 9.78 Å². The molecule has 0 spiro atoms. The lowest BCUT2D eigenvalue weighted by molar-refractivity contribution is 0.768. The molecule has 0 fully saturated rings. The Hall–Kier alpha value is -1.99. The summed E-state index contributed by atoms with van der Waals surface area (Å²) in [4.78, 5) is 0. The fraction of sp³-hybridized carbons (Fsp3) is 0.0909. The summed E-state index contributed by atoms with van der Waals surface area (Å²) in [6, 6.07) is 7.14. The number of benzene rings is 1. The van der Waals surface area contributed by atoms with Gasteiger partial charge in [0, 0.05) is 13.2 Å². The van der Waals surface area contributed by atoms with Gasteiger partial charge in [0.25, 0.3) is 0 Å². The van der Waals surface area contributed by atoms with Crippen LogP contribution in [0.1, 0.15) is 5.56 Å². The molecule has 80 valence electrons. The van der Waals surface area contributed by atoms with Crippen LogP contribution in [0.25, 0.3) is 0 Å². The molecule has 1 heterocycles. The number of nitrogens with zero attached hydrogens (tertiary/aromatic N) is 3. The number of hydrogen-bond acceptors (Lipinski definition) is 3. The van der Waals surface area contributed by atoms with Gasteiger partial charge in [0.1, 0.15) is 0 Å². The standard InChI is InChI=1S/C11H9ClN4/c1-16-7-9(6-14-16)15-11-3-2-8(5-13)4-10(11)12/h2-4,6-7,15H,1H3. The molecule has 0 bridgehead atoms. The third kappa shape index (κ3) is 2.15. The summed E-state index contributed by atoms with van der Waals surface area (Å²) in [6.07, 6.45) is 3.54. The molecule has 0 unspecified atom stereocenters. The Morgan fingerprint density at radius 3 is 2.88 bits per heavy atom. The van der Waals surface area contributed by atoms with Gasteiger partial charge in [-0.15, -0.1) is 0 Å². The SMILES string of the molecule is Cn1cc(Nc2ccc(C#N)cc2Cl)cn1. The van der Waals surface area contributed by atoms with Crippen LogP contribution in [0.2, 0.25) is 5.02 Å². The first kappa shape index (κ1) is 10.5. The molecule has 4 nitrogen and oxygen atoms in total. The van der Waals surface area contributed by atoms with Gasteiger partial charge >= 0.3 is 0 Å². The van der Waals surface area contributed by atoms with E-state index in [1.54, 1.807) is 29.1 Å². The molecule has 0 aliphatic rings. The Morgan fingerprint density at radius 2 is 2.31 bits per heavy atom. The van der Waals surface area contributed by atoms with Crippen molar-refractivity contribution in [2.75, 3.05) is 5.32 Å². The fourth-order valence-corrected chi connectivity index (χ4v) is 1.56. The van der Waals surface area contributed by atoms with Crippen molar-refractivity contribution in [2.24, 2.45) is 7.05 Å². The van der Waals surface area contributed by atoms with E-state index in [-0.39, 0.29) is 0 Å². The molecule has 0 saturated heterocycles. The van der Waals surface area contributed by atoms with E-state index in [0.717, 1.165) is 11.4 Å². The molecule has 1 aromatic carbocycles. The Kier molecular flexibility index (Phi) is 2.80. The predicted octanol–water partition coefficient (Wildman–Crippen LogP) is 2.69. The van der Waals surface area contributed by atoms with E-state index in [9.17, 15) is 0 Å². The lowest BCUT2D eigenvalue weighted by Gasteiger charge is -2.05. The molecule has 0 atom stereocenters. The quantitative estimate of drug-likeness (QED) is 0.866. The molecule has 0 radical (unpaired) electrons. The highest BCUT2D eigenvalue weighted by atomic mass is 35.5. The predicted molar refractivity (Wildman–Crippen MR) is 62.7 cm³/mol. The minimum absolute atomic E-state index is 0.517. The number of rotatable bonds is 2. The van der Waals surface area contributed by atoms with Crippen LogP contribution in [0.5, 0.6) is 0 Å². The van der Waals surface area contributed by atoms with Crippen molar-refractivity contribution in [1.82, 2.24) is 9.78 Å². The van der Waals surface area contributed by atoms with Gasteiger partial charge in [0.2, 0.25) is 0 Å². The first-order chi connectivity index (χ1) is 7.69. The van der Waals surface area contributed by atoms with Crippen LogP contribution >= 0.6 is 11.6 Å². The molecule has 2 aromatic rings. The first-order valence-electron chi connectivity index (χ1n) is 4.64. The second-order valence-electron chi connectivity index (χ2n) is 3.33. The fourth-order valence-electron chi connectivity index (χ4n) is 1.33. The highest BCUT2D eigenvalue weighted by molar-refractivity contribution is 6.33. The number of nitrogens with one attached hydrogen (secondary N) is 1. The van der Waals surface area contributed by atoms with E-state index in [2.05, 4.69) is 10.4 Å². The average Bonchev–Trinajstić information content (AvgIpc) is 2.67. The Bertz CT molecular complexity index is 553. The molecular formula is C11H9ClN4. The lowest BCUT2D eigenvalue weighted by Crippen LogP contribution is -1.90. The topological polar surface area (TPSA) is 53.6 Å².